The molecule has 10 nitrogen and oxygen atoms in total. The average molecular weight is 623 g/mol. The van der Waals surface area contributed by atoms with Gasteiger partial charge in [-0.1, -0.05) is 84.9 Å². The number of hydrogen-bond donors (Lipinski definition) is 4. The van der Waals surface area contributed by atoms with Crippen molar-refractivity contribution in [2.24, 2.45) is 0 Å². The highest BCUT2D eigenvalue weighted by atomic mass is 32.2. The molecule has 0 aliphatic carbocycles. The van der Waals surface area contributed by atoms with Gasteiger partial charge < -0.3 is 9.97 Å². The first-order valence-corrected chi connectivity index (χ1v) is 16.2. The van der Waals surface area contributed by atoms with Crippen LogP contribution in [0.4, 0.5) is 0 Å². The van der Waals surface area contributed by atoms with E-state index in [2.05, 4.69) is 19.9 Å². The van der Waals surface area contributed by atoms with Crippen LogP contribution in [0.3, 0.4) is 0 Å². The predicted molar refractivity (Wildman–Crippen MR) is 167 cm³/mol. The van der Waals surface area contributed by atoms with Crippen molar-refractivity contribution in [1.82, 2.24) is 19.9 Å². The Hall–Kier alpha value is -5.14. The van der Waals surface area contributed by atoms with E-state index in [1.807, 2.05) is 12.1 Å². The van der Waals surface area contributed by atoms with E-state index in [0.29, 0.717) is 67.1 Å². The lowest BCUT2D eigenvalue weighted by molar-refractivity contribution is 0.481. The number of nitrogens with one attached hydrogen (secondary N) is 2. The Morgan fingerprint density at radius 2 is 0.886 bits per heavy atom. The van der Waals surface area contributed by atoms with Gasteiger partial charge in [-0.3, -0.25) is 9.11 Å². The van der Waals surface area contributed by atoms with Gasteiger partial charge in [-0.25, -0.2) is 9.97 Å². The molecule has 7 aromatic rings. The zero-order valence-electron chi connectivity index (χ0n) is 22.6. The Kier molecular flexibility index (Phi) is 6.44. The van der Waals surface area contributed by atoms with Crippen molar-refractivity contribution in [2.45, 2.75) is 9.79 Å². The molecule has 2 aromatic heterocycles. The second kappa shape index (κ2) is 10.2. The summed E-state index contributed by atoms with van der Waals surface area (Å²) in [7, 11) is -9.07. The largest absolute Gasteiger partial charge is 0.338 e. The van der Waals surface area contributed by atoms with Crippen LogP contribution < -0.4 is 0 Å². The monoisotopic (exact) mass is 622 g/mol. The number of nitrogens with zero attached hydrogens (tertiary/aromatic N) is 2. The molecule has 0 aliphatic rings. The molecule has 0 fully saturated rings. The highest BCUT2D eigenvalue weighted by molar-refractivity contribution is 7.86. The summed E-state index contributed by atoms with van der Waals surface area (Å²) in [6, 6.07) is 30.8. The molecule has 0 amide bonds. The third-order valence-corrected chi connectivity index (χ3v) is 9.11. The normalized spacial score (nSPS) is 12.2. The van der Waals surface area contributed by atoms with Crippen LogP contribution >= 0.6 is 0 Å². The van der Waals surface area contributed by atoms with Crippen LogP contribution in [0.25, 0.3) is 67.1 Å². The molecule has 5 aromatic carbocycles. The summed E-state index contributed by atoms with van der Waals surface area (Å²) >= 11 is 0. The van der Waals surface area contributed by atoms with Gasteiger partial charge in [0.15, 0.2) is 0 Å². The Morgan fingerprint density at radius 1 is 0.477 bits per heavy atom. The maximum absolute atomic E-state index is 12.3. The van der Waals surface area contributed by atoms with E-state index in [9.17, 15) is 25.9 Å². The van der Waals surface area contributed by atoms with Gasteiger partial charge in [-0.2, -0.15) is 16.8 Å². The van der Waals surface area contributed by atoms with Crippen molar-refractivity contribution < 1.29 is 25.9 Å². The summed E-state index contributed by atoms with van der Waals surface area (Å²) < 4.78 is 69.1. The van der Waals surface area contributed by atoms with Crippen LogP contribution in [0.15, 0.2) is 119 Å². The molecule has 0 unspecified atom stereocenters. The van der Waals surface area contributed by atoms with Gasteiger partial charge in [-0.05, 0) is 35.4 Å². The summed E-state index contributed by atoms with van der Waals surface area (Å²) in [6.07, 6.45) is 0. The van der Waals surface area contributed by atoms with Gasteiger partial charge in [0, 0.05) is 22.3 Å². The topological polar surface area (TPSA) is 166 Å². The fourth-order valence-electron chi connectivity index (χ4n) is 5.27. The summed E-state index contributed by atoms with van der Waals surface area (Å²) in [6.45, 7) is 0. The molecular weight excluding hydrogens is 601 g/mol. The fraction of sp³-hybridized carbons (Fsp3) is 0. The number of H-pyrrole nitrogens is 2. The predicted octanol–water partition coefficient (Wildman–Crippen LogP) is 6.60. The highest BCUT2D eigenvalue weighted by Gasteiger charge is 2.21. The van der Waals surface area contributed by atoms with Crippen molar-refractivity contribution in [1.29, 1.82) is 0 Å². The zero-order valence-corrected chi connectivity index (χ0v) is 24.3. The standard InChI is InChI=1S/C32H22N4O6S2/c37-43(38,39)29-15-21(11-13-23(29)19-7-3-1-4-8-19)31-33-25-17-27-28(18-26(25)34-31)36-32(35-27)22-12-14-24(20-9-5-2-6-10-20)30(16-22)44(40,41)42/h1-18H,(H,33,34)(H,35,36)(H,37,38,39)(H,40,41,42). The molecule has 0 saturated heterocycles. The molecule has 218 valence electrons. The van der Waals surface area contributed by atoms with E-state index in [4.69, 9.17) is 0 Å². The van der Waals surface area contributed by atoms with E-state index in [0.717, 1.165) is 0 Å². The van der Waals surface area contributed by atoms with Crippen molar-refractivity contribution in [2.75, 3.05) is 0 Å². The van der Waals surface area contributed by atoms with Crippen LogP contribution in [-0.4, -0.2) is 45.9 Å². The van der Waals surface area contributed by atoms with Crippen molar-refractivity contribution in [3.05, 3.63) is 109 Å². The molecular formula is C32H22N4O6S2. The Balaban J connectivity index is 1.28. The van der Waals surface area contributed by atoms with E-state index >= 15 is 0 Å². The molecule has 0 bridgehead atoms. The SMILES string of the molecule is O=S(=O)(O)c1cc(-c2nc3cc4nc(-c5ccc(-c6ccccc6)c(S(=O)(=O)O)c5)[nH]c4cc3[nH]2)ccc1-c1ccccc1. The van der Waals surface area contributed by atoms with Gasteiger partial charge in [0.1, 0.15) is 21.4 Å². The first kappa shape index (κ1) is 27.7. The van der Waals surface area contributed by atoms with Crippen molar-refractivity contribution >= 4 is 42.3 Å². The number of hydrogen-bond acceptors (Lipinski definition) is 6. The minimum Gasteiger partial charge on any atom is -0.338 e. The Morgan fingerprint density at radius 3 is 1.27 bits per heavy atom. The molecule has 0 atom stereocenters. The van der Waals surface area contributed by atoms with Crippen LogP contribution in [0.2, 0.25) is 0 Å². The quantitative estimate of drug-likeness (QED) is 0.151. The molecule has 2 heterocycles. The number of rotatable bonds is 6. The smallest absolute Gasteiger partial charge is 0.295 e. The molecule has 12 heteroatoms. The number of imidazole rings is 2. The lowest BCUT2D eigenvalue weighted by Gasteiger charge is -2.09. The summed E-state index contributed by atoms with van der Waals surface area (Å²) in [5.74, 6) is 0.790. The van der Waals surface area contributed by atoms with Crippen molar-refractivity contribution in [3.8, 4) is 45.0 Å². The molecule has 0 spiro atoms. The number of fused-ring (bicyclic) bond motifs is 2. The molecule has 0 aliphatic heterocycles. The maximum Gasteiger partial charge on any atom is 0.295 e. The number of benzene rings is 5. The van der Waals surface area contributed by atoms with E-state index in [1.54, 1.807) is 84.9 Å². The molecule has 7 rings (SSSR count). The van der Waals surface area contributed by atoms with Gasteiger partial charge >= 0.3 is 0 Å². The highest BCUT2D eigenvalue weighted by Crippen LogP contribution is 2.34. The number of aromatic amines is 2. The van der Waals surface area contributed by atoms with Crippen LogP contribution in [0.1, 0.15) is 0 Å². The lowest BCUT2D eigenvalue weighted by Crippen LogP contribution is -2.01. The number of aromatic nitrogens is 4. The fourth-order valence-corrected chi connectivity index (χ4v) is 6.75. The minimum atomic E-state index is -4.54. The molecule has 4 N–H and O–H groups in total. The third kappa shape index (κ3) is 5.05. The van der Waals surface area contributed by atoms with Crippen LogP contribution in [0, 0.1) is 0 Å². The second-order valence-electron chi connectivity index (χ2n) is 10.2. The van der Waals surface area contributed by atoms with Crippen LogP contribution in [-0.2, 0) is 20.2 Å². The summed E-state index contributed by atoms with van der Waals surface area (Å²) in [5, 5.41) is 0. The molecule has 0 radical (unpaired) electrons. The zero-order chi connectivity index (χ0) is 30.6. The van der Waals surface area contributed by atoms with Crippen molar-refractivity contribution in [3.63, 3.8) is 0 Å². The average Bonchev–Trinajstić information content (AvgIpc) is 3.62. The molecule has 44 heavy (non-hydrogen) atoms. The lowest BCUT2D eigenvalue weighted by atomic mass is 10.0. The molecule has 0 saturated carbocycles. The van der Waals surface area contributed by atoms with Gasteiger partial charge in [0.2, 0.25) is 0 Å². The van der Waals surface area contributed by atoms with Crippen LogP contribution in [0.5, 0.6) is 0 Å². The van der Waals surface area contributed by atoms with Gasteiger partial charge in [-0.15, -0.1) is 0 Å². The second-order valence-corrected chi connectivity index (χ2v) is 12.9. The van der Waals surface area contributed by atoms with Gasteiger partial charge in [0.05, 0.1) is 22.1 Å². The van der Waals surface area contributed by atoms with Gasteiger partial charge in [0.25, 0.3) is 20.2 Å². The summed E-state index contributed by atoms with van der Waals surface area (Å²) in [4.78, 5) is 15.2. The maximum atomic E-state index is 12.3. The Bertz CT molecular complexity index is 2220. The minimum absolute atomic E-state index is 0.234. The Labute approximate surface area is 251 Å². The first-order chi connectivity index (χ1) is 21.0. The summed E-state index contributed by atoms with van der Waals surface area (Å²) in [5.41, 5.74) is 5.34. The van der Waals surface area contributed by atoms with E-state index < -0.39 is 20.2 Å². The van der Waals surface area contributed by atoms with E-state index in [-0.39, 0.29) is 9.79 Å². The first-order valence-electron chi connectivity index (χ1n) is 13.3. The van der Waals surface area contributed by atoms with E-state index in [1.165, 1.54) is 12.1 Å². The third-order valence-electron chi connectivity index (χ3n) is 7.32.